The van der Waals surface area contributed by atoms with E-state index in [4.69, 9.17) is 21.9 Å². The predicted molar refractivity (Wildman–Crippen MR) is 62.5 cm³/mol. The normalized spacial score (nSPS) is 10.6. The standard InChI is InChI=1S/C10H8BrClN2O/c11-6-1-2-8(9(12)3-6)10-4-7(5-13)15-14-10/h1-4H,5,13H2. The molecule has 1 aromatic heterocycles. The van der Waals surface area contributed by atoms with E-state index in [9.17, 15) is 0 Å². The summed E-state index contributed by atoms with van der Waals surface area (Å²) >= 11 is 9.41. The number of aromatic nitrogens is 1. The average molecular weight is 288 g/mol. The van der Waals surface area contributed by atoms with Crippen molar-refractivity contribution in [3.8, 4) is 11.3 Å². The molecule has 78 valence electrons. The first-order chi connectivity index (χ1) is 7.20. The van der Waals surface area contributed by atoms with Crippen LogP contribution in [0.4, 0.5) is 0 Å². The lowest BCUT2D eigenvalue weighted by Gasteiger charge is -1.99. The average Bonchev–Trinajstić information content (AvgIpc) is 2.66. The van der Waals surface area contributed by atoms with E-state index in [-0.39, 0.29) is 0 Å². The maximum absolute atomic E-state index is 6.07. The SMILES string of the molecule is NCc1cc(-c2ccc(Br)cc2Cl)no1. The molecule has 0 saturated heterocycles. The van der Waals surface area contributed by atoms with E-state index < -0.39 is 0 Å². The van der Waals surface area contributed by atoms with Gasteiger partial charge in [-0.1, -0.05) is 38.8 Å². The van der Waals surface area contributed by atoms with Crippen molar-refractivity contribution in [1.82, 2.24) is 5.16 Å². The topological polar surface area (TPSA) is 52.0 Å². The van der Waals surface area contributed by atoms with Crippen molar-refractivity contribution in [3.63, 3.8) is 0 Å². The number of benzene rings is 1. The molecular formula is C10H8BrClN2O. The van der Waals surface area contributed by atoms with Gasteiger partial charge < -0.3 is 10.3 Å². The minimum atomic E-state index is 0.334. The zero-order valence-corrected chi connectivity index (χ0v) is 10.0. The first-order valence-corrected chi connectivity index (χ1v) is 5.49. The highest BCUT2D eigenvalue weighted by atomic mass is 79.9. The van der Waals surface area contributed by atoms with Crippen LogP contribution in [0.25, 0.3) is 11.3 Å². The Balaban J connectivity index is 2.44. The van der Waals surface area contributed by atoms with Gasteiger partial charge in [0.1, 0.15) is 5.69 Å². The highest BCUT2D eigenvalue weighted by molar-refractivity contribution is 9.10. The summed E-state index contributed by atoms with van der Waals surface area (Å²) in [4.78, 5) is 0. The number of rotatable bonds is 2. The van der Waals surface area contributed by atoms with Crippen LogP contribution in [0.5, 0.6) is 0 Å². The molecule has 0 fully saturated rings. The van der Waals surface area contributed by atoms with E-state index in [1.807, 2.05) is 18.2 Å². The van der Waals surface area contributed by atoms with E-state index in [1.165, 1.54) is 0 Å². The Kier molecular flexibility index (Phi) is 3.09. The molecule has 0 atom stereocenters. The van der Waals surface area contributed by atoms with Crippen LogP contribution in [0.1, 0.15) is 5.76 Å². The second-order valence-electron chi connectivity index (χ2n) is 3.01. The molecule has 0 aliphatic carbocycles. The summed E-state index contributed by atoms with van der Waals surface area (Å²) in [6, 6.07) is 7.38. The van der Waals surface area contributed by atoms with Crippen LogP contribution < -0.4 is 5.73 Å². The van der Waals surface area contributed by atoms with Crippen molar-refractivity contribution in [2.75, 3.05) is 0 Å². The number of nitrogens with two attached hydrogens (primary N) is 1. The summed E-state index contributed by atoms with van der Waals surface area (Å²) < 4.78 is 5.94. The fourth-order valence-corrected chi connectivity index (χ4v) is 2.00. The highest BCUT2D eigenvalue weighted by Crippen LogP contribution is 2.29. The number of nitrogens with zero attached hydrogens (tertiary/aromatic N) is 1. The summed E-state index contributed by atoms with van der Waals surface area (Å²) in [7, 11) is 0. The van der Waals surface area contributed by atoms with Crippen LogP contribution in [-0.4, -0.2) is 5.16 Å². The van der Waals surface area contributed by atoms with Crippen LogP contribution in [0, 0.1) is 0 Å². The maximum Gasteiger partial charge on any atom is 0.150 e. The van der Waals surface area contributed by atoms with Gasteiger partial charge in [-0.25, -0.2) is 0 Å². The molecule has 0 bridgehead atoms. The third-order valence-electron chi connectivity index (χ3n) is 1.97. The van der Waals surface area contributed by atoms with Crippen molar-refractivity contribution < 1.29 is 4.52 Å². The lowest BCUT2D eigenvalue weighted by atomic mass is 10.1. The van der Waals surface area contributed by atoms with Crippen LogP contribution in [-0.2, 0) is 6.54 Å². The van der Waals surface area contributed by atoms with Crippen molar-refractivity contribution in [2.24, 2.45) is 5.73 Å². The van der Waals surface area contributed by atoms with E-state index in [0.717, 1.165) is 10.0 Å². The Labute approximate surface area is 100 Å². The van der Waals surface area contributed by atoms with Gasteiger partial charge in [-0.15, -0.1) is 0 Å². The van der Waals surface area contributed by atoms with Gasteiger partial charge in [0.2, 0.25) is 0 Å². The molecule has 3 nitrogen and oxygen atoms in total. The smallest absolute Gasteiger partial charge is 0.150 e. The number of hydrogen-bond donors (Lipinski definition) is 1. The molecule has 2 rings (SSSR count). The minimum absolute atomic E-state index is 0.334. The molecule has 0 saturated carbocycles. The molecule has 2 aromatic rings. The minimum Gasteiger partial charge on any atom is -0.359 e. The molecule has 0 unspecified atom stereocenters. The summed E-state index contributed by atoms with van der Waals surface area (Å²) in [6.45, 7) is 0.334. The highest BCUT2D eigenvalue weighted by Gasteiger charge is 2.09. The molecule has 0 amide bonds. The summed E-state index contributed by atoms with van der Waals surface area (Å²) in [5.74, 6) is 0.643. The van der Waals surface area contributed by atoms with Crippen molar-refractivity contribution in [3.05, 3.63) is 39.5 Å². The fraction of sp³-hybridized carbons (Fsp3) is 0.100. The zero-order chi connectivity index (χ0) is 10.8. The molecule has 0 aliphatic heterocycles. The van der Waals surface area contributed by atoms with Gasteiger partial charge in [0.05, 0.1) is 11.6 Å². The van der Waals surface area contributed by atoms with Gasteiger partial charge in [-0.2, -0.15) is 0 Å². The Morgan fingerprint density at radius 1 is 1.40 bits per heavy atom. The van der Waals surface area contributed by atoms with Crippen molar-refractivity contribution in [2.45, 2.75) is 6.54 Å². The lowest BCUT2D eigenvalue weighted by molar-refractivity contribution is 0.387. The Morgan fingerprint density at radius 2 is 2.20 bits per heavy atom. The maximum atomic E-state index is 6.07. The summed E-state index contributed by atoms with van der Waals surface area (Å²) in [6.07, 6.45) is 0. The molecule has 1 heterocycles. The molecule has 2 N–H and O–H groups in total. The van der Waals surface area contributed by atoms with E-state index in [2.05, 4.69) is 21.1 Å². The quantitative estimate of drug-likeness (QED) is 0.922. The summed E-state index contributed by atoms with van der Waals surface area (Å²) in [5.41, 5.74) is 6.97. The van der Waals surface area contributed by atoms with Crippen molar-refractivity contribution in [1.29, 1.82) is 0 Å². The van der Waals surface area contributed by atoms with E-state index in [1.54, 1.807) is 6.07 Å². The lowest BCUT2D eigenvalue weighted by Crippen LogP contribution is -1.92. The molecule has 15 heavy (non-hydrogen) atoms. The molecule has 0 radical (unpaired) electrons. The monoisotopic (exact) mass is 286 g/mol. The third kappa shape index (κ3) is 2.22. The van der Waals surface area contributed by atoms with Gasteiger partial charge >= 0.3 is 0 Å². The number of hydrogen-bond acceptors (Lipinski definition) is 3. The third-order valence-corrected chi connectivity index (χ3v) is 2.77. The largest absolute Gasteiger partial charge is 0.359 e. The van der Waals surface area contributed by atoms with Gasteiger partial charge in [-0.3, -0.25) is 0 Å². The second-order valence-corrected chi connectivity index (χ2v) is 4.33. The molecule has 0 spiro atoms. The molecule has 1 aromatic carbocycles. The van der Waals surface area contributed by atoms with Gasteiger partial charge in [-0.05, 0) is 12.1 Å². The van der Waals surface area contributed by atoms with E-state index >= 15 is 0 Å². The fourth-order valence-electron chi connectivity index (χ4n) is 1.23. The first-order valence-electron chi connectivity index (χ1n) is 4.32. The Morgan fingerprint density at radius 3 is 2.80 bits per heavy atom. The summed E-state index contributed by atoms with van der Waals surface area (Å²) in [5, 5.41) is 4.52. The predicted octanol–water partition coefficient (Wildman–Crippen LogP) is 3.22. The number of halogens is 2. The zero-order valence-electron chi connectivity index (χ0n) is 7.71. The van der Waals surface area contributed by atoms with Gasteiger partial charge in [0.25, 0.3) is 0 Å². The Bertz CT molecular complexity index is 484. The van der Waals surface area contributed by atoms with Crippen LogP contribution >= 0.6 is 27.5 Å². The molecule has 0 aliphatic rings. The van der Waals surface area contributed by atoms with Crippen LogP contribution in [0.3, 0.4) is 0 Å². The van der Waals surface area contributed by atoms with Gasteiger partial charge in [0.15, 0.2) is 5.76 Å². The van der Waals surface area contributed by atoms with Crippen LogP contribution in [0.15, 0.2) is 33.3 Å². The molecular weight excluding hydrogens is 279 g/mol. The second kappa shape index (κ2) is 4.35. The Hall–Kier alpha value is -0.840. The molecule has 5 heteroatoms. The van der Waals surface area contributed by atoms with Crippen molar-refractivity contribution >= 4 is 27.5 Å². The van der Waals surface area contributed by atoms with Gasteiger partial charge in [0, 0.05) is 16.1 Å². The van der Waals surface area contributed by atoms with Crippen LogP contribution in [0.2, 0.25) is 5.02 Å². The first kappa shape index (κ1) is 10.7. The van der Waals surface area contributed by atoms with E-state index in [0.29, 0.717) is 23.0 Å².